The molecule has 1 unspecified atom stereocenters. The number of amides is 1. The smallest absolute Gasteiger partial charge is 0.224 e. The Balaban J connectivity index is 1.26. The summed E-state index contributed by atoms with van der Waals surface area (Å²) < 4.78 is 0. The van der Waals surface area contributed by atoms with Crippen molar-refractivity contribution < 1.29 is 4.79 Å². The summed E-state index contributed by atoms with van der Waals surface area (Å²) in [5, 5.41) is 3.05. The molecule has 1 N–H and O–H groups in total. The van der Waals surface area contributed by atoms with Crippen LogP contribution in [-0.4, -0.2) is 60.5 Å². The Morgan fingerprint density at radius 2 is 1.71 bits per heavy atom. The highest BCUT2D eigenvalue weighted by molar-refractivity contribution is 5.79. The standard InChI is InChI=1S/C24H35N3O/c1-18(2)16-25-24(28)21-8-5-11-27(17-21)22-9-12-26(13-10-22)23-14-19-6-3-4-7-20(19)15-23/h3-4,6-7,21-23H,1,5,8-17H2,2H3,(H,25,28). The Morgan fingerprint density at radius 1 is 1.04 bits per heavy atom. The quantitative estimate of drug-likeness (QED) is 0.797. The van der Waals surface area contributed by atoms with Gasteiger partial charge in [0.15, 0.2) is 0 Å². The SMILES string of the molecule is C=C(C)CNC(=O)C1CCCN(C2CCN(C3Cc4ccccc4C3)CC2)C1. The van der Waals surface area contributed by atoms with Gasteiger partial charge in [0.2, 0.25) is 5.91 Å². The summed E-state index contributed by atoms with van der Waals surface area (Å²) in [5.41, 5.74) is 4.12. The number of likely N-dealkylation sites (tertiary alicyclic amines) is 2. The lowest BCUT2D eigenvalue weighted by molar-refractivity contribution is -0.127. The molecule has 1 atom stereocenters. The third kappa shape index (κ3) is 4.49. The zero-order valence-corrected chi connectivity index (χ0v) is 17.3. The molecule has 4 nitrogen and oxygen atoms in total. The van der Waals surface area contributed by atoms with Gasteiger partial charge in [0.05, 0.1) is 5.92 Å². The van der Waals surface area contributed by atoms with Crippen LogP contribution in [0.15, 0.2) is 36.4 Å². The van der Waals surface area contributed by atoms with Gasteiger partial charge in [-0.1, -0.05) is 36.4 Å². The minimum Gasteiger partial charge on any atom is -0.352 e. The lowest BCUT2D eigenvalue weighted by Crippen LogP contribution is -2.52. The van der Waals surface area contributed by atoms with Crippen LogP contribution < -0.4 is 5.32 Å². The molecule has 0 radical (unpaired) electrons. The van der Waals surface area contributed by atoms with Gasteiger partial charge >= 0.3 is 0 Å². The molecule has 2 heterocycles. The van der Waals surface area contributed by atoms with Crippen molar-refractivity contribution in [1.82, 2.24) is 15.1 Å². The van der Waals surface area contributed by atoms with E-state index < -0.39 is 0 Å². The molecule has 0 aromatic heterocycles. The van der Waals surface area contributed by atoms with Gasteiger partial charge in [0.1, 0.15) is 0 Å². The molecular formula is C24H35N3O. The van der Waals surface area contributed by atoms with Gasteiger partial charge in [-0.3, -0.25) is 14.6 Å². The number of nitrogens with zero attached hydrogens (tertiary/aromatic N) is 2. The first-order valence-corrected chi connectivity index (χ1v) is 11.1. The van der Waals surface area contributed by atoms with Gasteiger partial charge in [-0.25, -0.2) is 0 Å². The molecule has 28 heavy (non-hydrogen) atoms. The first-order chi connectivity index (χ1) is 13.6. The first-order valence-electron chi connectivity index (χ1n) is 11.1. The predicted molar refractivity (Wildman–Crippen MR) is 114 cm³/mol. The van der Waals surface area contributed by atoms with E-state index in [9.17, 15) is 4.79 Å². The second kappa shape index (κ2) is 8.79. The molecular weight excluding hydrogens is 346 g/mol. The van der Waals surface area contributed by atoms with Crippen LogP contribution in [-0.2, 0) is 17.6 Å². The summed E-state index contributed by atoms with van der Waals surface area (Å²) >= 11 is 0. The van der Waals surface area contributed by atoms with Crippen LogP contribution in [0.5, 0.6) is 0 Å². The minimum atomic E-state index is 0.149. The average molecular weight is 382 g/mol. The van der Waals surface area contributed by atoms with Gasteiger partial charge < -0.3 is 5.32 Å². The molecule has 4 rings (SSSR count). The second-order valence-corrected chi connectivity index (χ2v) is 9.11. The maximum Gasteiger partial charge on any atom is 0.224 e. The van der Waals surface area contributed by atoms with E-state index in [1.807, 2.05) is 6.92 Å². The van der Waals surface area contributed by atoms with E-state index in [-0.39, 0.29) is 11.8 Å². The monoisotopic (exact) mass is 381 g/mol. The number of benzene rings is 1. The summed E-state index contributed by atoms with van der Waals surface area (Å²) in [6.45, 7) is 10.9. The molecule has 1 aromatic rings. The topological polar surface area (TPSA) is 35.6 Å². The van der Waals surface area contributed by atoms with E-state index in [1.54, 1.807) is 11.1 Å². The number of carbonyl (C=O) groups is 1. The Bertz CT molecular complexity index is 683. The molecule has 0 spiro atoms. The summed E-state index contributed by atoms with van der Waals surface area (Å²) in [4.78, 5) is 17.8. The summed E-state index contributed by atoms with van der Waals surface area (Å²) in [6.07, 6.45) is 7.09. The minimum absolute atomic E-state index is 0.149. The van der Waals surface area contributed by atoms with E-state index in [0.717, 1.165) is 31.5 Å². The number of nitrogens with one attached hydrogen (secondary N) is 1. The zero-order chi connectivity index (χ0) is 19.5. The third-order valence-corrected chi connectivity index (χ3v) is 6.95. The number of hydrogen-bond acceptors (Lipinski definition) is 3. The fourth-order valence-corrected chi connectivity index (χ4v) is 5.34. The molecule has 0 bridgehead atoms. The van der Waals surface area contributed by atoms with Gasteiger partial charge in [-0.2, -0.15) is 0 Å². The molecule has 152 valence electrons. The van der Waals surface area contributed by atoms with Crippen LogP contribution >= 0.6 is 0 Å². The number of carbonyl (C=O) groups excluding carboxylic acids is 1. The summed E-state index contributed by atoms with van der Waals surface area (Å²) in [5.74, 6) is 0.365. The van der Waals surface area contributed by atoms with Crippen molar-refractivity contribution in [3.05, 3.63) is 47.5 Å². The molecule has 0 saturated carbocycles. The Kier molecular flexibility index (Phi) is 6.17. The number of rotatable bonds is 5. The van der Waals surface area contributed by atoms with Crippen molar-refractivity contribution in [3.8, 4) is 0 Å². The highest BCUT2D eigenvalue weighted by atomic mass is 16.1. The number of fused-ring (bicyclic) bond motifs is 1. The molecule has 2 saturated heterocycles. The second-order valence-electron chi connectivity index (χ2n) is 9.11. The van der Waals surface area contributed by atoms with Crippen LogP contribution in [0, 0.1) is 5.92 Å². The van der Waals surface area contributed by atoms with Crippen LogP contribution in [0.4, 0.5) is 0 Å². The Hall–Kier alpha value is -1.65. The number of hydrogen-bond donors (Lipinski definition) is 1. The van der Waals surface area contributed by atoms with Gasteiger partial charge in [0.25, 0.3) is 0 Å². The first kappa shape index (κ1) is 19.7. The largest absolute Gasteiger partial charge is 0.352 e. The van der Waals surface area contributed by atoms with Crippen molar-refractivity contribution >= 4 is 5.91 Å². The van der Waals surface area contributed by atoms with Crippen molar-refractivity contribution in [1.29, 1.82) is 0 Å². The maximum atomic E-state index is 12.5. The molecule has 2 aliphatic heterocycles. The lowest BCUT2D eigenvalue weighted by atomic mass is 9.92. The van der Waals surface area contributed by atoms with E-state index in [1.165, 1.54) is 38.8 Å². The van der Waals surface area contributed by atoms with Crippen molar-refractivity contribution in [2.24, 2.45) is 5.92 Å². The fourth-order valence-electron chi connectivity index (χ4n) is 5.34. The van der Waals surface area contributed by atoms with Gasteiger partial charge in [-0.05, 0) is 76.2 Å². The van der Waals surface area contributed by atoms with Crippen molar-refractivity contribution in [2.75, 3.05) is 32.7 Å². The van der Waals surface area contributed by atoms with Crippen LogP contribution in [0.3, 0.4) is 0 Å². The van der Waals surface area contributed by atoms with E-state index in [4.69, 9.17) is 0 Å². The van der Waals surface area contributed by atoms with E-state index >= 15 is 0 Å². The van der Waals surface area contributed by atoms with Crippen molar-refractivity contribution in [2.45, 2.75) is 57.5 Å². The molecule has 1 amide bonds. The highest BCUT2D eigenvalue weighted by Gasteiger charge is 2.34. The Labute approximate surface area is 170 Å². The molecule has 2 fully saturated rings. The summed E-state index contributed by atoms with van der Waals surface area (Å²) in [7, 11) is 0. The maximum absolute atomic E-state index is 12.5. The predicted octanol–water partition coefficient (Wildman–Crippen LogP) is 3.02. The van der Waals surface area contributed by atoms with E-state index in [2.05, 4.69) is 46.0 Å². The highest BCUT2D eigenvalue weighted by Crippen LogP contribution is 2.29. The lowest BCUT2D eigenvalue weighted by Gasteiger charge is -2.43. The molecule has 4 heteroatoms. The molecule has 1 aromatic carbocycles. The van der Waals surface area contributed by atoms with Crippen LogP contribution in [0.25, 0.3) is 0 Å². The van der Waals surface area contributed by atoms with Crippen molar-refractivity contribution in [3.63, 3.8) is 0 Å². The normalized spacial score (nSPS) is 24.8. The van der Waals surface area contributed by atoms with Gasteiger partial charge in [0, 0.05) is 25.2 Å². The number of piperidine rings is 2. The van der Waals surface area contributed by atoms with Gasteiger partial charge in [-0.15, -0.1) is 0 Å². The third-order valence-electron chi connectivity index (χ3n) is 6.95. The van der Waals surface area contributed by atoms with Crippen LogP contribution in [0.2, 0.25) is 0 Å². The summed E-state index contributed by atoms with van der Waals surface area (Å²) in [6, 6.07) is 10.3. The van der Waals surface area contributed by atoms with Crippen LogP contribution in [0.1, 0.15) is 43.7 Å². The Morgan fingerprint density at radius 3 is 2.36 bits per heavy atom. The average Bonchev–Trinajstić information content (AvgIpc) is 3.16. The molecule has 3 aliphatic rings. The van der Waals surface area contributed by atoms with E-state index in [0.29, 0.717) is 18.6 Å². The zero-order valence-electron chi connectivity index (χ0n) is 17.3. The molecule has 1 aliphatic carbocycles. The fraction of sp³-hybridized carbons (Fsp3) is 0.625.